The standard InChI is InChI=1S/C18H19F2N3O6/c1-27-14-7-11(4-5-12(14)29-18(19)20)8-21-15(24)9-22-16(25)10-23-17(26)13-3-2-6-28-13/h2-7,18H,8-10H2,1H3,(H,21,24)(H,22,25)(H,23,26). The fourth-order valence-corrected chi connectivity index (χ4v) is 2.18. The molecule has 0 atom stereocenters. The first kappa shape index (κ1) is 21.7. The molecule has 0 saturated carbocycles. The number of amides is 3. The average molecular weight is 411 g/mol. The van der Waals surface area contributed by atoms with E-state index in [-0.39, 0.29) is 36.9 Å². The van der Waals surface area contributed by atoms with Crippen molar-refractivity contribution < 1.29 is 37.1 Å². The highest BCUT2D eigenvalue weighted by atomic mass is 19.3. The van der Waals surface area contributed by atoms with E-state index >= 15 is 0 Å². The van der Waals surface area contributed by atoms with E-state index in [4.69, 9.17) is 9.15 Å². The van der Waals surface area contributed by atoms with Gasteiger partial charge in [-0.1, -0.05) is 6.07 Å². The Balaban J connectivity index is 1.72. The Bertz CT molecular complexity index is 842. The summed E-state index contributed by atoms with van der Waals surface area (Å²) in [6.45, 7) is -3.54. The molecule has 9 nitrogen and oxygen atoms in total. The number of halogens is 2. The molecule has 2 aromatic rings. The van der Waals surface area contributed by atoms with Crippen LogP contribution in [0.5, 0.6) is 11.5 Å². The molecule has 2 rings (SSSR count). The predicted molar refractivity (Wildman–Crippen MR) is 95.5 cm³/mol. The molecule has 3 amide bonds. The summed E-state index contributed by atoms with van der Waals surface area (Å²) in [6.07, 6.45) is 1.33. The lowest BCUT2D eigenvalue weighted by Gasteiger charge is -2.12. The maximum atomic E-state index is 12.3. The first-order chi connectivity index (χ1) is 13.9. The first-order valence-electron chi connectivity index (χ1n) is 8.36. The van der Waals surface area contributed by atoms with Crippen LogP contribution in [0.15, 0.2) is 41.0 Å². The first-order valence-corrected chi connectivity index (χ1v) is 8.36. The quantitative estimate of drug-likeness (QED) is 0.538. The van der Waals surface area contributed by atoms with Crippen molar-refractivity contribution in [2.45, 2.75) is 13.2 Å². The second kappa shape index (κ2) is 10.6. The van der Waals surface area contributed by atoms with E-state index in [1.165, 1.54) is 43.7 Å². The molecular formula is C18H19F2N3O6. The number of hydrogen-bond donors (Lipinski definition) is 3. The zero-order valence-electron chi connectivity index (χ0n) is 15.4. The molecule has 0 spiro atoms. The fraction of sp³-hybridized carbons (Fsp3) is 0.278. The molecule has 1 aromatic carbocycles. The van der Waals surface area contributed by atoms with Gasteiger partial charge in [-0.25, -0.2) is 0 Å². The van der Waals surface area contributed by atoms with E-state index in [1.807, 2.05) is 0 Å². The zero-order chi connectivity index (χ0) is 21.2. The van der Waals surface area contributed by atoms with Gasteiger partial charge in [-0.15, -0.1) is 0 Å². The van der Waals surface area contributed by atoms with Crippen LogP contribution in [-0.2, 0) is 16.1 Å². The number of furan rings is 1. The molecule has 1 heterocycles. The normalized spacial score (nSPS) is 10.3. The number of carbonyl (C=O) groups excluding carboxylic acids is 3. The molecule has 29 heavy (non-hydrogen) atoms. The van der Waals surface area contributed by atoms with Crippen molar-refractivity contribution in [2.24, 2.45) is 0 Å². The summed E-state index contributed by atoms with van der Waals surface area (Å²) in [5.74, 6) is -1.56. The smallest absolute Gasteiger partial charge is 0.387 e. The molecule has 0 aliphatic heterocycles. The van der Waals surface area contributed by atoms with Crippen molar-refractivity contribution in [3.8, 4) is 11.5 Å². The number of nitrogens with one attached hydrogen (secondary N) is 3. The lowest BCUT2D eigenvalue weighted by atomic mass is 10.2. The molecule has 0 aliphatic rings. The van der Waals surface area contributed by atoms with Crippen LogP contribution in [-0.4, -0.2) is 44.5 Å². The highest BCUT2D eigenvalue weighted by molar-refractivity contribution is 5.94. The number of alkyl halides is 2. The minimum atomic E-state index is -2.98. The minimum absolute atomic E-state index is 0.0657. The Kier molecular flexibility index (Phi) is 7.95. The highest BCUT2D eigenvalue weighted by Gasteiger charge is 2.13. The second-order valence-corrected chi connectivity index (χ2v) is 5.58. The van der Waals surface area contributed by atoms with Crippen molar-refractivity contribution >= 4 is 17.7 Å². The van der Waals surface area contributed by atoms with E-state index in [1.54, 1.807) is 0 Å². The average Bonchev–Trinajstić information content (AvgIpc) is 3.24. The Morgan fingerprint density at radius 3 is 2.41 bits per heavy atom. The maximum Gasteiger partial charge on any atom is 0.387 e. The van der Waals surface area contributed by atoms with Crippen molar-refractivity contribution in [1.29, 1.82) is 0 Å². The van der Waals surface area contributed by atoms with Gasteiger partial charge in [0.25, 0.3) is 5.91 Å². The Morgan fingerprint density at radius 2 is 1.76 bits per heavy atom. The van der Waals surface area contributed by atoms with Crippen LogP contribution in [0.4, 0.5) is 8.78 Å². The summed E-state index contributed by atoms with van der Waals surface area (Å²) in [5.41, 5.74) is 0.578. The van der Waals surface area contributed by atoms with Crippen LogP contribution >= 0.6 is 0 Å². The number of hydrogen-bond acceptors (Lipinski definition) is 6. The van der Waals surface area contributed by atoms with Crippen LogP contribution in [0.2, 0.25) is 0 Å². The molecule has 3 N–H and O–H groups in total. The minimum Gasteiger partial charge on any atom is -0.493 e. The van der Waals surface area contributed by atoms with E-state index < -0.39 is 24.3 Å². The van der Waals surface area contributed by atoms with Crippen LogP contribution in [0.25, 0.3) is 0 Å². The molecule has 0 fully saturated rings. The number of ether oxygens (including phenoxy) is 2. The van der Waals surface area contributed by atoms with Gasteiger partial charge in [-0.3, -0.25) is 14.4 Å². The van der Waals surface area contributed by atoms with Crippen LogP contribution < -0.4 is 25.4 Å². The van der Waals surface area contributed by atoms with E-state index in [0.717, 1.165) is 0 Å². The van der Waals surface area contributed by atoms with E-state index in [0.29, 0.717) is 5.56 Å². The van der Waals surface area contributed by atoms with Gasteiger partial charge in [0.15, 0.2) is 17.3 Å². The summed E-state index contributed by atoms with van der Waals surface area (Å²) in [5, 5.41) is 7.24. The predicted octanol–water partition coefficient (Wildman–Crippen LogP) is 1.05. The molecule has 156 valence electrons. The van der Waals surface area contributed by atoms with Gasteiger partial charge < -0.3 is 29.8 Å². The molecule has 11 heteroatoms. The second-order valence-electron chi connectivity index (χ2n) is 5.58. The molecule has 0 unspecified atom stereocenters. The van der Waals surface area contributed by atoms with E-state index in [9.17, 15) is 23.2 Å². The lowest BCUT2D eigenvalue weighted by Crippen LogP contribution is -2.41. The van der Waals surface area contributed by atoms with Crippen molar-refractivity contribution in [2.75, 3.05) is 20.2 Å². The number of carbonyl (C=O) groups is 3. The van der Waals surface area contributed by atoms with Crippen molar-refractivity contribution in [3.63, 3.8) is 0 Å². The van der Waals surface area contributed by atoms with Gasteiger partial charge >= 0.3 is 6.61 Å². The van der Waals surface area contributed by atoms with Gasteiger partial charge in [0.2, 0.25) is 11.8 Å². The Hall–Kier alpha value is -3.63. The molecule has 1 aromatic heterocycles. The molecule has 0 radical (unpaired) electrons. The zero-order valence-corrected chi connectivity index (χ0v) is 15.4. The summed E-state index contributed by atoms with van der Waals surface area (Å²) in [6, 6.07) is 7.22. The van der Waals surface area contributed by atoms with Crippen molar-refractivity contribution in [1.82, 2.24) is 16.0 Å². The Morgan fingerprint density at radius 1 is 1.03 bits per heavy atom. The molecular weight excluding hydrogens is 392 g/mol. The maximum absolute atomic E-state index is 12.3. The monoisotopic (exact) mass is 411 g/mol. The van der Waals surface area contributed by atoms with Crippen LogP contribution in [0.1, 0.15) is 16.1 Å². The van der Waals surface area contributed by atoms with Gasteiger partial charge in [0.1, 0.15) is 0 Å². The van der Waals surface area contributed by atoms with Gasteiger partial charge in [-0.05, 0) is 29.8 Å². The van der Waals surface area contributed by atoms with Crippen LogP contribution in [0.3, 0.4) is 0 Å². The number of rotatable bonds is 10. The lowest BCUT2D eigenvalue weighted by molar-refractivity contribution is -0.125. The number of benzene rings is 1. The van der Waals surface area contributed by atoms with Gasteiger partial charge in [0, 0.05) is 6.54 Å². The topological polar surface area (TPSA) is 119 Å². The van der Waals surface area contributed by atoms with Crippen molar-refractivity contribution in [3.05, 3.63) is 47.9 Å². The summed E-state index contributed by atoms with van der Waals surface area (Å²) < 4.78 is 38.8. The van der Waals surface area contributed by atoms with Gasteiger partial charge in [-0.2, -0.15) is 8.78 Å². The highest BCUT2D eigenvalue weighted by Crippen LogP contribution is 2.29. The summed E-state index contributed by atoms with van der Waals surface area (Å²) >= 11 is 0. The van der Waals surface area contributed by atoms with Crippen LogP contribution in [0, 0.1) is 0 Å². The fourth-order valence-electron chi connectivity index (χ4n) is 2.18. The third kappa shape index (κ3) is 7.13. The SMILES string of the molecule is COc1cc(CNC(=O)CNC(=O)CNC(=O)c2ccco2)ccc1OC(F)F. The third-order valence-corrected chi connectivity index (χ3v) is 3.53. The summed E-state index contributed by atoms with van der Waals surface area (Å²) in [7, 11) is 1.30. The Labute approximate surface area is 164 Å². The third-order valence-electron chi connectivity index (χ3n) is 3.53. The van der Waals surface area contributed by atoms with Gasteiger partial charge in [0.05, 0.1) is 26.5 Å². The largest absolute Gasteiger partial charge is 0.493 e. The molecule has 0 aliphatic carbocycles. The summed E-state index contributed by atoms with van der Waals surface area (Å²) in [4.78, 5) is 35.1. The molecule has 0 bridgehead atoms. The molecule has 0 saturated heterocycles. The van der Waals surface area contributed by atoms with E-state index in [2.05, 4.69) is 20.7 Å². The number of methoxy groups -OCH3 is 1.